The zero-order valence-corrected chi connectivity index (χ0v) is 7.90. The van der Waals surface area contributed by atoms with Gasteiger partial charge in [0.05, 0.1) is 0 Å². The second kappa shape index (κ2) is 5.36. The number of hydrogen-bond acceptors (Lipinski definition) is 2. The maximum atomic E-state index is 9.02. The minimum absolute atomic E-state index is 0.297. The molecule has 2 heteroatoms. The van der Waals surface area contributed by atoms with Gasteiger partial charge in [0.2, 0.25) is 0 Å². The van der Waals surface area contributed by atoms with Gasteiger partial charge in [-0.05, 0) is 36.2 Å². The van der Waals surface area contributed by atoms with Crippen molar-refractivity contribution in [3.63, 3.8) is 0 Å². The summed E-state index contributed by atoms with van der Waals surface area (Å²) in [5, 5.41) is 9.02. The first-order chi connectivity index (χ1) is 6.33. The first-order valence-electron chi connectivity index (χ1n) is 4.62. The molecule has 13 heavy (non-hydrogen) atoms. The Bertz CT molecular complexity index is 264. The zero-order chi connectivity index (χ0) is 9.52. The zero-order valence-electron chi connectivity index (χ0n) is 7.90. The molecule has 1 N–H and O–H groups in total. The number of phenols is 1. The van der Waals surface area contributed by atoms with Crippen molar-refractivity contribution in [3.8, 4) is 5.75 Å². The van der Waals surface area contributed by atoms with Gasteiger partial charge in [-0.25, -0.2) is 0 Å². The highest BCUT2D eigenvalue weighted by Gasteiger charge is 1.87. The summed E-state index contributed by atoms with van der Waals surface area (Å²) in [6.45, 7) is 3.04. The number of phenolic OH excluding ortho intramolecular Hbond substituents is 1. The van der Waals surface area contributed by atoms with Gasteiger partial charge in [-0.1, -0.05) is 13.3 Å². The fourth-order valence-electron chi connectivity index (χ4n) is 0.980. The molecule has 0 aromatic heterocycles. The average molecular weight is 177 g/mol. The molecule has 0 spiro atoms. The maximum Gasteiger partial charge on any atom is 0.115 e. The van der Waals surface area contributed by atoms with Crippen LogP contribution in [0.5, 0.6) is 5.75 Å². The Morgan fingerprint density at radius 3 is 2.62 bits per heavy atom. The van der Waals surface area contributed by atoms with Crippen molar-refractivity contribution < 1.29 is 5.11 Å². The molecule has 0 saturated carbocycles. The minimum Gasteiger partial charge on any atom is -0.508 e. The molecule has 0 unspecified atom stereocenters. The fourth-order valence-corrected chi connectivity index (χ4v) is 0.980. The van der Waals surface area contributed by atoms with Crippen molar-refractivity contribution in [1.82, 2.24) is 0 Å². The molecule has 0 aliphatic rings. The predicted molar refractivity (Wildman–Crippen MR) is 55.5 cm³/mol. The Morgan fingerprint density at radius 2 is 2.00 bits per heavy atom. The van der Waals surface area contributed by atoms with E-state index >= 15 is 0 Å². The van der Waals surface area contributed by atoms with E-state index in [4.69, 9.17) is 5.11 Å². The summed E-state index contributed by atoms with van der Waals surface area (Å²) >= 11 is 0. The predicted octanol–water partition coefficient (Wildman–Crippen LogP) is 2.61. The summed E-state index contributed by atoms with van der Waals surface area (Å²) < 4.78 is 0. The molecule has 0 saturated heterocycles. The van der Waals surface area contributed by atoms with E-state index in [2.05, 4.69) is 11.9 Å². The molecular formula is C11H15NO. The third-order valence-electron chi connectivity index (χ3n) is 1.77. The summed E-state index contributed by atoms with van der Waals surface area (Å²) in [7, 11) is 0. The van der Waals surface area contributed by atoms with Crippen LogP contribution in [0.25, 0.3) is 0 Å². The van der Waals surface area contributed by atoms with Gasteiger partial charge in [-0.3, -0.25) is 4.99 Å². The van der Waals surface area contributed by atoms with Crippen LogP contribution in [0, 0.1) is 0 Å². The van der Waals surface area contributed by atoms with Gasteiger partial charge in [-0.15, -0.1) is 0 Å². The van der Waals surface area contributed by atoms with Crippen molar-refractivity contribution in [2.75, 3.05) is 6.54 Å². The second-order valence-electron chi connectivity index (χ2n) is 2.98. The molecule has 70 valence electrons. The van der Waals surface area contributed by atoms with E-state index in [0.717, 1.165) is 18.5 Å². The lowest BCUT2D eigenvalue weighted by Crippen LogP contribution is -1.83. The standard InChI is InChI=1S/C11H15NO/c1-2-3-8-12-9-10-4-6-11(13)7-5-10/h4-7,9,13H,2-3,8H2,1H3/b12-9+. The molecule has 0 radical (unpaired) electrons. The van der Waals surface area contributed by atoms with Crippen LogP contribution in [-0.2, 0) is 0 Å². The molecule has 1 aromatic rings. The molecular weight excluding hydrogens is 162 g/mol. The van der Waals surface area contributed by atoms with Gasteiger partial charge in [-0.2, -0.15) is 0 Å². The minimum atomic E-state index is 0.297. The van der Waals surface area contributed by atoms with Crippen LogP contribution in [0.1, 0.15) is 25.3 Å². The van der Waals surface area contributed by atoms with Crippen molar-refractivity contribution in [1.29, 1.82) is 0 Å². The molecule has 0 atom stereocenters. The van der Waals surface area contributed by atoms with Crippen molar-refractivity contribution in [3.05, 3.63) is 29.8 Å². The number of rotatable bonds is 4. The highest BCUT2D eigenvalue weighted by Crippen LogP contribution is 2.07. The van der Waals surface area contributed by atoms with E-state index in [9.17, 15) is 0 Å². The summed E-state index contributed by atoms with van der Waals surface area (Å²) in [5.41, 5.74) is 1.04. The molecule has 2 nitrogen and oxygen atoms in total. The number of hydrogen-bond donors (Lipinski definition) is 1. The Kier molecular flexibility index (Phi) is 4.03. The van der Waals surface area contributed by atoms with Crippen LogP contribution >= 0.6 is 0 Å². The fraction of sp³-hybridized carbons (Fsp3) is 0.364. The Hall–Kier alpha value is -1.31. The largest absolute Gasteiger partial charge is 0.508 e. The van der Waals surface area contributed by atoms with E-state index in [0.29, 0.717) is 5.75 Å². The molecule has 1 rings (SSSR count). The summed E-state index contributed by atoms with van der Waals surface area (Å²) in [6.07, 6.45) is 4.15. The summed E-state index contributed by atoms with van der Waals surface area (Å²) in [4.78, 5) is 4.25. The monoisotopic (exact) mass is 177 g/mol. The number of aromatic hydroxyl groups is 1. The number of nitrogens with zero attached hydrogens (tertiary/aromatic N) is 1. The van der Waals surface area contributed by atoms with Crippen LogP contribution in [0.4, 0.5) is 0 Å². The lowest BCUT2D eigenvalue weighted by atomic mass is 10.2. The molecule has 1 aromatic carbocycles. The summed E-state index contributed by atoms with van der Waals surface area (Å²) in [6, 6.07) is 7.04. The van der Waals surface area contributed by atoms with Gasteiger partial charge in [0, 0.05) is 12.8 Å². The molecule has 0 bridgehead atoms. The van der Waals surface area contributed by atoms with Crippen LogP contribution in [0.2, 0.25) is 0 Å². The van der Waals surface area contributed by atoms with E-state index in [1.54, 1.807) is 12.1 Å². The Balaban J connectivity index is 2.44. The molecule has 0 aliphatic heterocycles. The van der Waals surface area contributed by atoms with Crippen molar-refractivity contribution >= 4 is 6.21 Å². The highest BCUT2D eigenvalue weighted by atomic mass is 16.3. The SMILES string of the molecule is CCCC/N=C/c1ccc(O)cc1. The first-order valence-corrected chi connectivity index (χ1v) is 4.62. The molecule has 0 amide bonds. The average Bonchev–Trinajstić information content (AvgIpc) is 2.15. The van der Waals surface area contributed by atoms with Gasteiger partial charge in [0.1, 0.15) is 5.75 Å². The van der Waals surface area contributed by atoms with E-state index in [-0.39, 0.29) is 0 Å². The van der Waals surface area contributed by atoms with Gasteiger partial charge in [0.25, 0.3) is 0 Å². The van der Waals surface area contributed by atoms with Crippen molar-refractivity contribution in [2.24, 2.45) is 4.99 Å². The van der Waals surface area contributed by atoms with E-state index < -0.39 is 0 Å². The Morgan fingerprint density at radius 1 is 1.31 bits per heavy atom. The lowest BCUT2D eigenvalue weighted by Gasteiger charge is -1.93. The normalized spacial score (nSPS) is 10.8. The quantitative estimate of drug-likeness (QED) is 0.556. The number of benzene rings is 1. The Labute approximate surface area is 78.9 Å². The second-order valence-corrected chi connectivity index (χ2v) is 2.98. The molecule has 0 fully saturated rings. The number of unbranched alkanes of at least 4 members (excludes halogenated alkanes) is 1. The maximum absolute atomic E-state index is 9.02. The molecule has 0 heterocycles. The van der Waals surface area contributed by atoms with Crippen LogP contribution in [0.15, 0.2) is 29.3 Å². The highest BCUT2D eigenvalue weighted by molar-refractivity contribution is 5.79. The lowest BCUT2D eigenvalue weighted by molar-refractivity contribution is 0.475. The van der Waals surface area contributed by atoms with Crippen molar-refractivity contribution in [2.45, 2.75) is 19.8 Å². The van der Waals surface area contributed by atoms with Crippen LogP contribution in [-0.4, -0.2) is 17.9 Å². The van der Waals surface area contributed by atoms with Gasteiger partial charge < -0.3 is 5.11 Å². The topological polar surface area (TPSA) is 32.6 Å². The third kappa shape index (κ3) is 3.74. The van der Waals surface area contributed by atoms with Crippen LogP contribution in [0.3, 0.4) is 0 Å². The molecule has 0 aliphatic carbocycles. The first kappa shape index (κ1) is 9.78. The summed E-state index contributed by atoms with van der Waals surface area (Å²) in [5.74, 6) is 0.297. The number of aliphatic imine (C=N–C) groups is 1. The van der Waals surface area contributed by atoms with Gasteiger partial charge >= 0.3 is 0 Å². The van der Waals surface area contributed by atoms with Gasteiger partial charge in [0.15, 0.2) is 0 Å². The van der Waals surface area contributed by atoms with E-state index in [1.807, 2.05) is 18.3 Å². The smallest absolute Gasteiger partial charge is 0.115 e. The third-order valence-corrected chi connectivity index (χ3v) is 1.77. The van der Waals surface area contributed by atoms with Crippen LogP contribution < -0.4 is 0 Å². The van der Waals surface area contributed by atoms with E-state index in [1.165, 1.54) is 6.42 Å².